The summed E-state index contributed by atoms with van der Waals surface area (Å²) in [5, 5.41) is 3.90. The van der Waals surface area contributed by atoms with Gasteiger partial charge in [0.2, 0.25) is 0 Å². The minimum Gasteiger partial charge on any atom is -0.307 e. The summed E-state index contributed by atoms with van der Waals surface area (Å²) in [7, 11) is 0. The molecule has 3 heteroatoms. The second kappa shape index (κ2) is 8.50. The van der Waals surface area contributed by atoms with Crippen molar-refractivity contribution in [2.75, 3.05) is 19.6 Å². The first kappa shape index (κ1) is 16.4. The van der Waals surface area contributed by atoms with Crippen LogP contribution in [0.5, 0.6) is 0 Å². The van der Waals surface area contributed by atoms with Gasteiger partial charge in [0.15, 0.2) is 0 Å². The van der Waals surface area contributed by atoms with E-state index >= 15 is 0 Å². The first-order valence-corrected chi connectivity index (χ1v) is 8.57. The molecule has 0 aliphatic carbocycles. The van der Waals surface area contributed by atoms with E-state index in [1.165, 1.54) is 50.9 Å². The third-order valence-corrected chi connectivity index (χ3v) is 4.36. The highest BCUT2D eigenvalue weighted by Crippen LogP contribution is 2.23. The van der Waals surface area contributed by atoms with Crippen LogP contribution in [0.1, 0.15) is 58.1 Å². The molecule has 0 radical (unpaired) electrons. The highest BCUT2D eigenvalue weighted by Gasteiger charge is 2.22. The summed E-state index contributed by atoms with van der Waals surface area (Å²) >= 11 is 0. The Hall–Kier alpha value is -0.930. The molecule has 0 unspecified atom stereocenters. The lowest BCUT2D eigenvalue weighted by molar-refractivity contribution is 0.187. The van der Waals surface area contributed by atoms with Crippen LogP contribution < -0.4 is 5.32 Å². The van der Waals surface area contributed by atoms with Crippen molar-refractivity contribution >= 4 is 0 Å². The molecule has 1 fully saturated rings. The van der Waals surface area contributed by atoms with E-state index in [0.29, 0.717) is 18.0 Å². The van der Waals surface area contributed by atoms with Crippen molar-refractivity contribution in [3.8, 4) is 0 Å². The molecule has 1 saturated heterocycles. The summed E-state index contributed by atoms with van der Waals surface area (Å²) in [6.07, 6.45) is 8.87. The molecule has 0 spiro atoms. The molecule has 3 nitrogen and oxygen atoms in total. The van der Waals surface area contributed by atoms with Crippen molar-refractivity contribution in [3.05, 3.63) is 30.1 Å². The molecule has 2 heterocycles. The summed E-state index contributed by atoms with van der Waals surface area (Å²) < 4.78 is 0. The van der Waals surface area contributed by atoms with E-state index in [-0.39, 0.29) is 0 Å². The Morgan fingerprint density at radius 3 is 2.67 bits per heavy atom. The second-order valence-electron chi connectivity index (χ2n) is 6.75. The van der Waals surface area contributed by atoms with Crippen LogP contribution in [0.3, 0.4) is 0 Å². The van der Waals surface area contributed by atoms with Gasteiger partial charge in [0.1, 0.15) is 0 Å². The van der Waals surface area contributed by atoms with E-state index in [9.17, 15) is 0 Å². The largest absolute Gasteiger partial charge is 0.307 e. The zero-order valence-electron chi connectivity index (χ0n) is 13.9. The fraction of sp³-hybridized carbons (Fsp3) is 0.722. The van der Waals surface area contributed by atoms with Gasteiger partial charge in [-0.25, -0.2) is 0 Å². The Bertz CT molecular complexity index is 383. The standard InChI is InChI=1S/C18H31N3/c1-4-10-21-11-7-17(8-12-21)20-18(13-15(2)3)16-6-5-9-19-14-16/h5-6,9,14-15,17-18,20H,4,7-8,10-13H2,1-3H3/t18-/m1/s1. The van der Waals surface area contributed by atoms with Crippen molar-refractivity contribution in [2.24, 2.45) is 5.92 Å². The summed E-state index contributed by atoms with van der Waals surface area (Å²) in [6.45, 7) is 10.6. The van der Waals surface area contributed by atoms with E-state index in [2.05, 4.69) is 42.0 Å². The number of nitrogens with zero attached hydrogens (tertiary/aromatic N) is 2. The smallest absolute Gasteiger partial charge is 0.0340 e. The second-order valence-corrected chi connectivity index (χ2v) is 6.75. The number of aromatic nitrogens is 1. The lowest BCUT2D eigenvalue weighted by Gasteiger charge is -2.35. The Morgan fingerprint density at radius 1 is 1.33 bits per heavy atom. The van der Waals surface area contributed by atoms with Crippen molar-refractivity contribution in [2.45, 2.75) is 58.5 Å². The summed E-state index contributed by atoms with van der Waals surface area (Å²) in [6, 6.07) is 5.36. The minimum absolute atomic E-state index is 0.446. The van der Waals surface area contributed by atoms with E-state index in [0.717, 1.165) is 0 Å². The van der Waals surface area contributed by atoms with Crippen LogP contribution >= 0.6 is 0 Å². The first-order valence-electron chi connectivity index (χ1n) is 8.57. The number of nitrogens with one attached hydrogen (secondary N) is 1. The summed E-state index contributed by atoms with van der Waals surface area (Å²) in [4.78, 5) is 6.89. The number of rotatable bonds is 7. The molecule has 0 aromatic carbocycles. The van der Waals surface area contributed by atoms with Gasteiger partial charge >= 0.3 is 0 Å². The van der Waals surface area contributed by atoms with Crippen molar-refractivity contribution in [1.82, 2.24) is 15.2 Å². The van der Waals surface area contributed by atoms with E-state index in [1.807, 2.05) is 18.5 Å². The molecule has 0 saturated carbocycles. The molecular weight excluding hydrogens is 258 g/mol. The molecule has 1 N–H and O–H groups in total. The molecule has 2 rings (SSSR count). The zero-order valence-corrected chi connectivity index (χ0v) is 13.9. The maximum Gasteiger partial charge on any atom is 0.0340 e. The molecule has 1 atom stereocenters. The monoisotopic (exact) mass is 289 g/mol. The molecule has 0 bridgehead atoms. The fourth-order valence-electron chi connectivity index (χ4n) is 3.28. The predicted octanol–water partition coefficient (Wildman–Crippen LogP) is 3.63. The Labute approximate surface area is 130 Å². The van der Waals surface area contributed by atoms with Crippen LogP contribution in [0, 0.1) is 5.92 Å². The number of likely N-dealkylation sites (tertiary alicyclic amines) is 1. The van der Waals surface area contributed by atoms with Gasteiger partial charge < -0.3 is 10.2 Å². The highest BCUT2D eigenvalue weighted by atomic mass is 15.1. The SMILES string of the molecule is CCCN1CCC(N[C@H](CC(C)C)c2cccnc2)CC1. The lowest BCUT2D eigenvalue weighted by Crippen LogP contribution is -2.44. The molecular formula is C18H31N3. The van der Waals surface area contributed by atoms with Gasteiger partial charge in [-0.2, -0.15) is 0 Å². The van der Waals surface area contributed by atoms with Crippen LogP contribution in [-0.2, 0) is 0 Å². The third kappa shape index (κ3) is 5.40. The van der Waals surface area contributed by atoms with Crippen LogP contribution in [0.15, 0.2) is 24.5 Å². The van der Waals surface area contributed by atoms with Gasteiger partial charge in [-0.15, -0.1) is 0 Å². The van der Waals surface area contributed by atoms with Crippen molar-refractivity contribution < 1.29 is 0 Å². The van der Waals surface area contributed by atoms with Gasteiger partial charge in [-0.1, -0.05) is 26.8 Å². The predicted molar refractivity (Wildman–Crippen MR) is 89.3 cm³/mol. The molecule has 0 amide bonds. The summed E-state index contributed by atoms with van der Waals surface area (Å²) in [5.74, 6) is 0.697. The molecule has 21 heavy (non-hydrogen) atoms. The maximum atomic E-state index is 4.29. The van der Waals surface area contributed by atoms with Gasteiger partial charge in [-0.05, 0) is 62.9 Å². The van der Waals surface area contributed by atoms with Crippen LogP contribution in [0.2, 0.25) is 0 Å². The highest BCUT2D eigenvalue weighted by molar-refractivity contribution is 5.14. The lowest BCUT2D eigenvalue weighted by atomic mass is 9.95. The number of piperidine rings is 1. The molecule has 1 aromatic heterocycles. The Morgan fingerprint density at radius 2 is 2.10 bits per heavy atom. The van der Waals surface area contributed by atoms with E-state index in [1.54, 1.807) is 0 Å². The molecule has 1 aliphatic heterocycles. The zero-order chi connectivity index (χ0) is 15.1. The Kier molecular flexibility index (Phi) is 6.65. The topological polar surface area (TPSA) is 28.2 Å². The van der Waals surface area contributed by atoms with Crippen LogP contribution in [0.25, 0.3) is 0 Å². The van der Waals surface area contributed by atoms with Gasteiger partial charge in [-0.3, -0.25) is 4.98 Å². The molecule has 1 aliphatic rings. The first-order chi connectivity index (χ1) is 10.2. The summed E-state index contributed by atoms with van der Waals surface area (Å²) in [5.41, 5.74) is 1.34. The maximum absolute atomic E-state index is 4.29. The van der Waals surface area contributed by atoms with Crippen molar-refractivity contribution in [3.63, 3.8) is 0 Å². The minimum atomic E-state index is 0.446. The van der Waals surface area contributed by atoms with Gasteiger partial charge in [0, 0.05) is 24.5 Å². The number of hydrogen-bond donors (Lipinski definition) is 1. The molecule has 118 valence electrons. The van der Waals surface area contributed by atoms with Crippen molar-refractivity contribution in [1.29, 1.82) is 0 Å². The quantitative estimate of drug-likeness (QED) is 0.831. The van der Waals surface area contributed by atoms with Crippen LogP contribution in [0.4, 0.5) is 0 Å². The molecule has 1 aromatic rings. The van der Waals surface area contributed by atoms with Gasteiger partial charge in [0.25, 0.3) is 0 Å². The normalized spacial score (nSPS) is 19.0. The Balaban J connectivity index is 1.91. The van der Waals surface area contributed by atoms with Crippen LogP contribution in [-0.4, -0.2) is 35.6 Å². The van der Waals surface area contributed by atoms with Gasteiger partial charge in [0.05, 0.1) is 0 Å². The third-order valence-electron chi connectivity index (χ3n) is 4.36. The fourth-order valence-corrected chi connectivity index (χ4v) is 3.28. The average molecular weight is 289 g/mol. The number of hydrogen-bond acceptors (Lipinski definition) is 3. The average Bonchev–Trinajstić information content (AvgIpc) is 2.49. The number of pyridine rings is 1. The van der Waals surface area contributed by atoms with E-state index in [4.69, 9.17) is 0 Å². The van der Waals surface area contributed by atoms with E-state index < -0.39 is 0 Å².